The summed E-state index contributed by atoms with van der Waals surface area (Å²) in [5.74, 6) is 2.83. The van der Waals surface area contributed by atoms with Gasteiger partial charge in [-0.25, -0.2) is 0 Å². The van der Waals surface area contributed by atoms with E-state index in [9.17, 15) is 0 Å². The fraction of sp³-hybridized carbons (Fsp3) is 0.286. The predicted octanol–water partition coefficient (Wildman–Crippen LogP) is 4.35. The fourth-order valence-corrected chi connectivity index (χ4v) is 2.66. The first-order valence-corrected chi connectivity index (χ1v) is 6.64. The van der Waals surface area contributed by atoms with Gasteiger partial charge in [0.25, 0.3) is 0 Å². The summed E-state index contributed by atoms with van der Waals surface area (Å²) < 4.78 is 0. The number of rotatable bonds is 0. The fourth-order valence-electron chi connectivity index (χ4n) is 1.64. The van der Waals surface area contributed by atoms with Crippen LogP contribution in [0, 0.1) is 0 Å². The molecule has 0 amide bonds. The molecule has 78 valence electrons. The van der Waals surface area contributed by atoms with Crippen LogP contribution < -0.4 is 0 Å². The van der Waals surface area contributed by atoms with Crippen molar-refractivity contribution in [2.24, 2.45) is 0 Å². The average molecular weight is 216 g/mol. The summed E-state index contributed by atoms with van der Waals surface area (Å²) in [6.45, 7) is 0. The van der Waals surface area contributed by atoms with Crippen LogP contribution in [0.15, 0.2) is 48.5 Å². The second-order valence-corrected chi connectivity index (χ2v) is 4.89. The van der Waals surface area contributed by atoms with E-state index in [2.05, 4.69) is 60.3 Å². The van der Waals surface area contributed by atoms with Crippen LogP contribution in [0.2, 0.25) is 0 Å². The largest absolute Gasteiger partial charge is 0.162 e. The molecular weight excluding hydrogens is 200 g/mol. The van der Waals surface area contributed by atoms with Crippen LogP contribution >= 0.6 is 11.8 Å². The first-order valence-electron chi connectivity index (χ1n) is 5.48. The molecule has 15 heavy (non-hydrogen) atoms. The van der Waals surface area contributed by atoms with Crippen molar-refractivity contribution in [1.29, 1.82) is 0 Å². The van der Waals surface area contributed by atoms with Crippen LogP contribution in [0.25, 0.3) is 10.8 Å². The minimum absolute atomic E-state index is 1.31. The lowest BCUT2D eigenvalue weighted by atomic mass is 10.1. The molecule has 1 aliphatic rings. The van der Waals surface area contributed by atoms with Crippen molar-refractivity contribution < 1.29 is 0 Å². The highest BCUT2D eigenvalue weighted by Crippen LogP contribution is 2.14. The zero-order valence-electron chi connectivity index (χ0n) is 8.86. The highest BCUT2D eigenvalue weighted by molar-refractivity contribution is 7.99. The Balaban J connectivity index is 0.000000144. The van der Waals surface area contributed by atoms with Crippen LogP contribution in [0.5, 0.6) is 0 Å². The topological polar surface area (TPSA) is 0 Å². The first-order chi connectivity index (χ1) is 7.47. The molecule has 0 saturated carbocycles. The summed E-state index contributed by atoms with van der Waals surface area (Å²) >= 11 is 2.07. The molecule has 1 heteroatoms. The molecule has 1 saturated heterocycles. The minimum Gasteiger partial charge on any atom is -0.162 e. The second-order valence-electron chi connectivity index (χ2n) is 3.67. The van der Waals surface area contributed by atoms with E-state index >= 15 is 0 Å². The number of benzene rings is 2. The van der Waals surface area contributed by atoms with Gasteiger partial charge in [-0.15, -0.1) is 0 Å². The van der Waals surface area contributed by atoms with Crippen molar-refractivity contribution in [3.05, 3.63) is 48.5 Å². The van der Waals surface area contributed by atoms with E-state index in [4.69, 9.17) is 0 Å². The van der Waals surface area contributed by atoms with Gasteiger partial charge in [0.2, 0.25) is 0 Å². The van der Waals surface area contributed by atoms with E-state index in [1.165, 1.54) is 35.1 Å². The van der Waals surface area contributed by atoms with E-state index < -0.39 is 0 Å². The third-order valence-electron chi connectivity index (χ3n) is 2.49. The monoisotopic (exact) mass is 216 g/mol. The Kier molecular flexibility index (Phi) is 4.10. The number of thioether (sulfide) groups is 1. The Hall–Kier alpha value is -0.950. The molecule has 3 rings (SSSR count). The molecule has 0 nitrogen and oxygen atoms in total. The molecule has 0 radical (unpaired) electrons. The van der Waals surface area contributed by atoms with Crippen LogP contribution in [-0.2, 0) is 0 Å². The molecule has 2 aromatic carbocycles. The van der Waals surface area contributed by atoms with Crippen molar-refractivity contribution in [3.8, 4) is 0 Å². The maximum absolute atomic E-state index is 2.12. The summed E-state index contributed by atoms with van der Waals surface area (Å²) in [5, 5.41) is 2.62. The predicted molar refractivity (Wildman–Crippen MR) is 70.5 cm³/mol. The van der Waals surface area contributed by atoms with Gasteiger partial charge < -0.3 is 0 Å². The summed E-state index contributed by atoms with van der Waals surface area (Å²) in [6, 6.07) is 16.7. The molecule has 0 atom stereocenters. The van der Waals surface area contributed by atoms with E-state index in [0.29, 0.717) is 0 Å². The van der Waals surface area contributed by atoms with Crippen molar-refractivity contribution in [2.75, 3.05) is 11.5 Å². The Labute approximate surface area is 95.7 Å². The van der Waals surface area contributed by atoms with Gasteiger partial charge in [-0.2, -0.15) is 11.8 Å². The molecule has 0 aliphatic carbocycles. The van der Waals surface area contributed by atoms with Crippen LogP contribution in [0.3, 0.4) is 0 Å². The van der Waals surface area contributed by atoms with E-state index in [1.807, 2.05) is 0 Å². The summed E-state index contributed by atoms with van der Waals surface area (Å²) in [4.78, 5) is 0. The second kappa shape index (κ2) is 5.82. The van der Waals surface area contributed by atoms with Crippen LogP contribution in [-0.4, -0.2) is 11.5 Å². The summed E-state index contributed by atoms with van der Waals surface area (Å²) in [5.41, 5.74) is 0. The molecule has 0 spiro atoms. The van der Waals surface area contributed by atoms with Crippen molar-refractivity contribution in [3.63, 3.8) is 0 Å². The highest BCUT2D eigenvalue weighted by atomic mass is 32.2. The van der Waals surface area contributed by atoms with Gasteiger partial charge in [0.05, 0.1) is 0 Å². The van der Waals surface area contributed by atoms with Crippen molar-refractivity contribution in [1.82, 2.24) is 0 Å². The van der Waals surface area contributed by atoms with E-state index in [1.54, 1.807) is 0 Å². The maximum Gasteiger partial charge on any atom is -0.00672 e. The molecule has 0 N–H and O–H groups in total. The quantitative estimate of drug-likeness (QED) is 0.630. The standard InChI is InChI=1S/C10H8.C4H8S/c1-2-6-10-8-4-3-7-9(10)5-1;1-2-4-5-3-1/h1-8H;1-4H2. The van der Waals surface area contributed by atoms with Crippen molar-refractivity contribution in [2.45, 2.75) is 12.8 Å². The third kappa shape index (κ3) is 3.28. The highest BCUT2D eigenvalue weighted by Gasteiger charge is 1.95. The van der Waals surface area contributed by atoms with E-state index in [-0.39, 0.29) is 0 Å². The molecule has 2 aromatic rings. The molecule has 1 fully saturated rings. The van der Waals surface area contributed by atoms with Crippen LogP contribution in [0.4, 0.5) is 0 Å². The van der Waals surface area contributed by atoms with Gasteiger partial charge in [-0.3, -0.25) is 0 Å². The van der Waals surface area contributed by atoms with Gasteiger partial charge in [0, 0.05) is 0 Å². The lowest BCUT2D eigenvalue weighted by molar-refractivity contribution is 0.949. The van der Waals surface area contributed by atoms with Gasteiger partial charge in [0.15, 0.2) is 0 Å². The molecular formula is C14H16S. The Bertz CT molecular complexity index is 332. The molecule has 0 unspecified atom stereocenters. The normalized spacial score (nSPS) is 14.7. The molecule has 1 aliphatic heterocycles. The van der Waals surface area contributed by atoms with Gasteiger partial charge >= 0.3 is 0 Å². The minimum atomic E-state index is 1.31. The number of hydrogen-bond acceptors (Lipinski definition) is 1. The Morgan fingerprint density at radius 1 is 0.667 bits per heavy atom. The van der Waals surface area contributed by atoms with Gasteiger partial charge in [0.1, 0.15) is 0 Å². The molecule has 0 aromatic heterocycles. The van der Waals surface area contributed by atoms with Gasteiger partial charge in [-0.05, 0) is 35.1 Å². The Morgan fingerprint density at radius 3 is 1.33 bits per heavy atom. The number of hydrogen-bond donors (Lipinski definition) is 0. The smallest absolute Gasteiger partial charge is 0.00672 e. The zero-order valence-corrected chi connectivity index (χ0v) is 9.67. The lowest BCUT2D eigenvalue weighted by Gasteiger charge is -1.92. The molecule has 0 bridgehead atoms. The zero-order chi connectivity index (χ0) is 10.3. The summed E-state index contributed by atoms with van der Waals surface area (Å²) in [6.07, 6.45) is 2.93. The Morgan fingerprint density at radius 2 is 1.07 bits per heavy atom. The maximum atomic E-state index is 2.12. The molecule has 1 heterocycles. The van der Waals surface area contributed by atoms with E-state index in [0.717, 1.165) is 0 Å². The van der Waals surface area contributed by atoms with Crippen molar-refractivity contribution >= 4 is 22.5 Å². The first kappa shape index (κ1) is 10.6. The average Bonchev–Trinajstić information content (AvgIpc) is 2.88. The number of fused-ring (bicyclic) bond motifs is 1. The SMILES string of the molecule is C1CCSC1.c1ccc2ccccc2c1. The van der Waals surface area contributed by atoms with Crippen LogP contribution in [0.1, 0.15) is 12.8 Å². The lowest BCUT2D eigenvalue weighted by Crippen LogP contribution is -1.67. The summed E-state index contributed by atoms with van der Waals surface area (Å²) in [7, 11) is 0. The van der Waals surface area contributed by atoms with Gasteiger partial charge in [-0.1, -0.05) is 48.5 Å². The third-order valence-corrected chi connectivity index (χ3v) is 3.64.